The molecule has 0 spiro atoms. The van der Waals surface area contributed by atoms with Crippen molar-refractivity contribution in [3.8, 4) is 5.75 Å². The summed E-state index contributed by atoms with van der Waals surface area (Å²) in [5.74, 6) is 0.572. The zero-order valence-corrected chi connectivity index (χ0v) is 15.3. The Labute approximate surface area is 154 Å². The van der Waals surface area contributed by atoms with Gasteiger partial charge in [0.05, 0.1) is 16.6 Å². The number of nitrogens with one attached hydrogen (secondary N) is 2. The second kappa shape index (κ2) is 7.28. The summed E-state index contributed by atoms with van der Waals surface area (Å²) in [5.41, 5.74) is 6.24. The quantitative estimate of drug-likeness (QED) is 0.729. The Morgan fingerprint density at radius 2 is 2.04 bits per heavy atom. The highest BCUT2D eigenvalue weighted by molar-refractivity contribution is 8.00. The number of ether oxygens (including phenoxy) is 1. The van der Waals surface area contributed by atoms with Crippen LogP contribution in [0.1, 0.15) is 36.3 Å². The molecule has 3 rings (SSSR count). The zero-order chi connectivity index (χ0) is 18.8. The molecule has 0 unspecified atom stereocenters. The number of aromatic nitrogens is 2. The summed E-state index contributed by atoms with van der Waals surface area (Å²) in [6.45, 7) is 3.66. The Morgan fingerprint density at radius 3 is 2.65 bits per heavy atom. The fraction of sp³-hybridized carbons (Fsp3) is 0.353. The summed E-state index contributed by atoms with van der Waals surface area (Å²) >= 11 is 1.39. The average molecular weight is 376 g/mol. The molecule has 0 bridgehead atoms. The van der Waals surface area contributed by atoms with E-state index in [-0.39, 0.29) is 35.1 Å². The van der Waals surface area contributed by atoms with Crippen LogP contribution in [-0.4, -0.2) is 34.0 Å². The maximum Gasteiger partial charge on any atom is 0.270 e. The molecule has 26 heavy (non-hydrogen) atoms. The molecule has 0 saturated heterocycles. The third kappa shape index (κ3) is 3.62. The number of benzene rings is 1. The predicted molar refractivity (Wildman–Crippen MR) is 99.5 cm³/mol. The standard InChI is InChI=1S/C17H20N4O4S/c1-9(2)21-16-14(17(24)20-21)15(26-8-13(23)19-16)10-3-5-11(6-4-10)25-7-12(18)22/h3-6,9,15H,7-8H2,1-2H3,(H2,18,22)(H,19,23)(H,20,24)/t15-/m1/s1. The minimum absolute atomic E-state index is 0.0000701. The van der Waals surface area contributed by atoms with Gasteiger partial charge < -0.3 is 15.8 Å². The number of hydrogen-bond acceptors (Lipinski definition) is 5. The van der Waals surface area contributed by atoms with E-state index in [0.717, 1.165) is 5.56 Å². The molecule has 1 atom stereocenters. The van der Waals surface area contributed by atoms with E-state index in [1.54, 1.807) is 16.8 Å². The summed E-state index contributed by atoms with van der Waals surface area (Å²) < 4.78 is 6.94. The maximum absolute atomic E-state index is 12.6. The molecule has 2 amide bonds. The van der Waals surface area contributed by atoms with Gasteiger partial charge in [-0.3, -0.25) is 24.2 Å². The summed E-state index contributed by atoms with van der Waals surface area (Å²) in [6, 6.07) is 7.07. The van der Waals surface area contributed by atoms with Crippen molar-refractivity contribution in [3.63, 3.8) is 0 Å². The molecule has 1 aliphatic heterocycles. The van der Waals surface area contributed by atoms with Gasteiger partial charge in [0, 0.05) is 6.04 Å². The van der Waals surface area contributed by atoms with Gasteiger partial charge in [-0.2, -0.15) is 0 Å². The molecule has 8 nitrogen and oxygen atoms in total. The minimum Gasteiger partial charge on any atom is -0.484 e. The van der Waals surface area contributed by atoms with Crippen molar-refractivity contribution >= 4 is 29.4 Å². The van der Waals surface area contributed by atoms with Crippen LogP contribution in [0.5, 0.6) is 5.75 Å². The SMILES string of the molecule is CC(C)n1[nH]c(=O)c2c1NC(=O)CS[C@@H]2c1ccc(OCC(N)=O)cc1. The van der Waals surface area contributed by atoms with E-state index in [0.29, 0.717) is 17.1 Å². The van der Waals surface area contributed by atoms with Crippen LogP contribution in [0.4, 0.5) is 5.82 Å². The average Bonchev–Trinajstić information content (AvgIpc) is 2.80. The topological polar surface area (TPSA) is 119 Å². The normalized spacial score (nSPS) is 16.7. The zero-order valence-electron chi connectivity index (χ0n) is 14.4. The van der Waals surface area contributed by atoms with Crippen LogP contribution in [0.15, 0.2) is 29.1 Å². The largest absolute Gasteiger partial charge is 0.484 e. The highest BCUT2D eigenvalue weighted by atomic mass is 32.2. The van der Waals surface area contributed by atoms with Crippen molar-refractivity contribution < 1.29 is 14.3 Å². The van der Waals surface area contributed by atoms with Crippen LogP contribution in [0.25, 0.3) is 0 Å². The summed E-state index contributed by atoms with van der Waals surface area (Å²) in [6.07, 6.45) is 0. The lowest BCUT2D eigenvalue weighted by Gasteiger charge is -2.15. The number of H-pyrrole nitrogens is 1. The van der Waals surface area contributed by atoms with Crippen molar-refractivity contribution in [2.75, 3.05) is 17.7 Å². The first-order valence-electron chi connectivity index (χ1n) is 8.13. The number of nitrogens with zero attached hydrogens (tertiary/aromatic N) is 1. The van der Waals surface area contributed by atoms with Crippen molar-refractivity contribution in [3.05, 3.63) is 45.7 Å². The van der Waals surface area contributed by atoms with E-state index < -0.39 is 5.91 Å². The van der Waals surface area contributed by atoms with E-state index in [1.165, 1.54) is 11.8 Å². The third-order valence-electron chi connectivity index (χ3n) is 3.94. The first kappa shape index (κ1) is 18.1. The van der Waals surface area contributed by atoms with Crippen molar-refractivity contribution in [2.24, 2.45) is 5.73 Å². The lowest BCUT2D eigenvalue weighted by atomic mass is 10.1. The Balaban J connectivity index is 1.97. The third-order valence-corrected chi connectivity index (χ3v) is 5.21. The van der Waals surface area contributed by atoms with Gasteiger partial charge in [-0.25, -0.2) is 0 Å². The van der Waals surface area contributed by atoms with Crippen LogP contribution in [0, 0.1) is 0 Å². The highest BCUT2D eigenvalue weighted by Gasteiger charge is 2.30. The van der Waals surface area contributed by atoms with Gasteiger partial charge >= 0.3 is 0 Å². The molecule has 9 heteroatoms. The molecule has 2 heterocycles. The number of fused-ring (bicyclic) bond motifs is 1. The van der Waals surface area contributed by atoms with Gasteiger partial charge in [-0.15, -0.1) is 11.8 Å². The number of rotatable bonds is 5. The summed E-state index contributed by atoms with van der Waals surface area (Å²) in [7, 11) is 0. The molecule has 1 aliphatic rings. The van der Waals surface area contributed by atoms with Crippen LogP contribution in [0.2, 0.25) is 0 Å². The summed E-state index contributed by atoms with van der Waals surface area (Å²) in [4.78, 5) is 35.4. The van der Waals surface area contributed by atoms with Crippen LogP contribution in [-0.2, 0) is 9.59 Å². The van der Waals surface area contributed by atoms with Crippen LogP contribution >= 0.6 is 11.8 Å². The molecule has 0 saturated carbocycles. The Bertz CT molecular complexity index is 885. The highest BCUT2D eigenvalue weighted by Crippen LogP contribution is 2.40. The lowest BCUT2D eigenvalue weighted by Crippen LogP contribution is -2.20. The van der Waals surface area contributed by atoms with Gasteiger partial charge in [-0.05, 0) is 31.5 Å². The van der Waals surface area contributed by atoms with Crippen LogP contribution in [0.3, 0.4) is 0 Å². The van der Waals surface area contributed by atoms with E-state index in [4.69, 9.17) is 10.5 Å². The lowest BCUT2D eigenvalue weighted by molar-refractivity contribution is -0.120. The molecular formula is C17H20N4O4S. The number of anilines is 1. The predicted octanol–water partition coefficient (Wildman–Crippen LogP) is 1.40. The first-order valence-corrected chi connectivity index (χ1v) is 9.18. The van der Waals surface area contributed by atoms with E-state index in [9.17, 15) is 14.4 Å². The van der Waals surface area contributed by atoms with Gasteiger partial charge in [0.2, 0.25) is 5.91 Å². The van der Waals surface area contributed by atoms with Crippen molar-refractivity contribution in [2.45, 2.75) is 25.1 Å². The molecule has 4 N–H and O–H groups in total. The number of thioether (sulfide) groups is 1. The number of carbonyl (C=O) groups excluding carboxylic acids is 2. The number of primary amides is 1. The number of carbonyl (C=O) groups is 2. The Kier molecular flexibility index (Phi) is 5.08. The van der Waals surface area contributed by atoms with Crippen LogP contribution < -0.4 is 21.3 Å². The number of amides is 2. The smallest absolute Gasteiger partial charge is 0.270 e. The number of hydrogen-bond donors (Lipinski definition) is 3. The Morgan fingerprint density at radius 1 is 1.35 bits per heavy atom. The molecule has 0 aliphatic carbocycles. The fourth-order valence-corrected chi connectivity index (χ4v) is 3.91. The van der Waals surface area contributed by atoms with E-state index in [1.807, 2.05) is 26.0 Å². The maximum atomic E-state index is 12.6. The second-order valence-corrected chi connectivity index (χ2v) is 7.32. The summed E-state index contributed by atoms with van der Waals surface area (Å²) in [5, 5.41) is 5.34. The monoisotopic (exact) mass is 376 g/mol. The fourth-order valence-electron chi connectivity index (χ4n) is 2.79. The minimum atomic E-state index is -0.552. The molecule has 1 aromatic heterocycles. The molecular weight excluding hydrogens is 356 g/mol. The molecule has 1 aromatic carbocycles. The van der Waals surface area contributed by atoms with Gasteiger partial charge in [0.15, 0.2) is 6.61 Å². The van der Waals surface area contributed by atoms with Crippen molar-refractivity contribution in [1.29, 1.82) is 0 Å². The van der Waals surface area contributed by atoms with Gasteiger partial charge in [0.1, 0.15) is 11.6 Å². The molecule has 0 radical (unpaired) electrons. The van der Waals surface area contributed by atoms with Gasteiger partial charge in [-0.1, -0.05) is 12.1 Å². The molecule has 2 aromatic rings. The second-order valence-electron chi connectivity index (χ2n) is 6.23. The van der Waals surface area contributed by atoms with Crippen molar-refractivity contribution in [1.82, 2.24) is 9.78 Å². The number of aromatic amines is 1. The van der Waals surface area contributed by atoms with Gasteiger partial charge in [0.25, 0.3) is 11.5 Å². The number of nitrogens with two attached hydrogens (primary N) is 1. The molecule has 138 valence electrons. The van der Waals surface area contributed by atoms with E-state index >= 15 is 0 Å². The Hall–Kier alpha value is -2.68. The first-order chi connectivity index (χ1) is 12.4. The van der Waals surface area contributed by atoms with E-state index in [2.05, 4.69) is 10.4 Å². The molecule has 0 fully saturated rings.